The number of pyridine rings is 1. The largest absolute Gasteiger partial charge is 0.381 e. The van der Waals surface area contributed by atoms with Crippen LogP contribution < -0.4 is 0 Å². The van der Waals surface area contributed by atoms with Gasteiger partial charge in [0.1, 0.15) is 6.33 Å². The van der Waals surface area contributed by atoms with Crippen LogP contribution in [0.3, 0.4) is 0 Å². The molecule has 6 heterocycles. The Bertz CT molecular complexity index is 1470. The van der Waals surface area contributed by atoms with E-state index in [0.717, 1.165) is 31.0 Å². The summed E-state index contributed by atoms with van der Waals surface area (Å²) in [4.78, 5) is 24.2. The van der Waals surface area contributed by atoms with Crippen molar-refractivity contribution in [2.45, 2.75) is 256 Å². The van der Waals surface area contributed by atoms with Crippen molar-refractivity contribution in [2.24, 2.45) is 15.8 Å². The summed E-state index contributed by atoms with van der Waals surface area (Å²) < 4.78 is 4.94. The van der Waals surface area contributed by atoms with E-state index >= 15 is 0 Å². The van der Waals surface area contributed by atoms with Crippen LogP contribution in [0.1, 0.15) is 256 Å². The number of allylic oxidation sites excluding steroid dienone is 1. The minimum absolute atomic E-state index is 0.119. The third-order valence-electron chi connectivity index (χ3n) is 8.06. The molecule has 0 N–H and O–H groups in total. The van der Waals surface area contributed by atoms with E-state index in [4.69, 9.17) is 4.74 Å². The molecule has 1 saturated heterocycles. The second-order valence-electron chi connectivity index (χ2n) is 21.3. The lowest BCUT2D eigenvalue weighted by Crippen LogP contribution is -2.13. The van der Waals surface area contributed by atoms with Crippen LogP contribution in [0.2, 0.25) is 0 Å². The van der Waals surface area contributed by atoms with Crippen LogP contribution in [0.15, 0.2) is 96.9 Å². The highest BCUT2D eigenvalue weighted by atomic mass is 16.5. The van der Waals surface area contributed by atoms with Crippen LogP contribution in [0, 0.1) is 10.8 Å². The average molecular weight is 992 g/mol. The zero-order valence-electron chi connectivity index (χ0n) is 52.7. The average Bonchev–Trinajstić information content (AvgIpc) is 4.13. The first-order valence-electron chi connectivity index (χ1n) is 27.0. The Morgan fingerprint density at radius 3 is 1.06 bits per heavy atom. The van der Waals surface area contributed by atoms with Gasteiger partial charge in [-0.05, 0) is 69.4 Å². The molecule has 2 aliphatic rings. The monoisotopic (exact) mass is 991 g/mol. The molecular formula is C62H118N8O. The maximum absolute atomic E-state index is 4.94. The molecule has 9 nitrogen and oxygen atoms in total. The van der Waals surface area contributed by atoms with Gasteiger partial charge in [-0.1, -0.05) is 221 Å². The van der Waals surface area contributed by atoms with E-state index < -0.39 is 0 Å². The lowest BCUT2D eigenvalue weighted by atomic mass is 9.86. The van der Waals surface area contributed by atoms with Crippen molar-refractivity contribution in [3.8, 4) is 0 Å². The predicted octanol–water partition coefficient (Wildman–Crippen LogP) is 19.1. The Morgan fingerprint density at radius 2 is 0.845 bits per heavy atom. The van der Waals surface area contributed by atoms with Crippen molar-refractivity contribution in [3.05, 3.63) is 114 Å². The normalized spacial score (nSPS) is 11.8. The second kappa shape index (κ2) is 48.1. The molecule has 0 radical (unpaired) electrons. The summed E-state index contributed by atoms with van der Waals surface area (Å²) in [7, 11) is 0. The van der Waals surface area contributed by atoms with Crippen LogP contribution in [0.25, 0.3) is 0 Å². The molecule has 0 amide bonds. The van der Waals surface area contributed by atoms with Crippen molar-refractivity contribution in [2.75, 3.05) is 13.2 Å². The van der Waals surface area contributed by atoms with Crippen LogP contribution >= 0.6 is 0 Å². The summed E-state index contributed by atoms with van der Waals surface area (Å²) in [5.74, 6) is 0. The Hall–Kier alpha value is -4.24. The molecule has 4 aromatic rings. The summed E-state index contributed by atoms with van der Waals surface area (Å²) in [6.45, 7) is 67.1. The summed E-state index contributed by atoms with van der Waals surface area (Å²) in [6.07, 6.45) is 23.4. The van der Waals surface area contributed by atoms with Gasteiger partial charge < -0.3 is 4.74 Å². The van der Waals surface area contributed by atoms with Gasteiger partial charge in [0.2, 0.25) is 0 Å². The lowest BCUT2D eigenvalue weighted by molar-refractivity contribution is 0.198. The minimum atomic E-state index is 0.119. The smallest absolute Gasteiger partial charge is 0.115 e. The number of rotatable bonds is 0. The first-order chi connectivity index (χ1) is 33.0. The van der Waals surface area contributed by atoms with Gasteiger partial charge in [0.25, 0.3) is 0 Å². The molecule has 6 rings (SSSR count). The van der Waals surface area contributed by atoms with Gasteiger partial charge in [0, 0.05) is 92.5 Å². The Kier molecular flexibility index (Phi) is 54.7. The maximum Gasteiger partial charge on any atom is 0.115 e. The van der Waals surface area contributed by atoms with E-state index in [1.807, 2.05) is 132 Å². The van der Waals surface area contributed by atoms with Gasteiger partial charge in [-0.2, -0.15) is 10.2 Å². The quantitative estimate of drug-likeness (QED) is 0.171. The summed E-state index contributed by atoms with van der Waals surface area (Å²) in [6, 6.07) is 7.98. The molecule has 412 valence electrons. The highest BCUT2D eigenvalue weighted by molar-refractivity contribution is 5.65. The molecule has 0 spiro atoms. The third-order valence-corrected chi connectivity index (χ3v) is 8.06. The molecule has 0 aromatic carbocycles. The Morgan fingerprint density at radius 1 is 0.423 bits per heavy atom. The van der Waals surface area contributed by atoms with Gasteiger partial charge in [0.15, 0.2) is 0 Å². The fraction of sp³-hybridized carbons (Fsp3) is 0.677. The van der Waals surface area contributed by atoms with Gasteiger partial charge >= 0.3 is 0 Å². The topological polar surface area (TPSA) is 112 Å². The SMILES string of the molecule is C1CCOC1.CC.CC.CC.CC.CC.CC.CC(C)(C)C.CC(C)(C)C1=CN=CC1.CC(C)(C)c1cccnc1.CC(C)(C)c1cccnn1.CC(C)(C)c1cnccn1.CC(C)(C)c1cncnc1. The molecule has 0 aliphatic carbocycles. The molecule has 0 atom stereocenters. The molecule has 9 heteroatoms. The standard InChI is InChI=1S/C9H13N.3C8H12N2.C8H13N.C5H12.C4H8O.6C2H6/c1-9(2,3)8-5-4-6-10-7-8;1-8(2,3)7-4-9-6-10-5-7;1-8(2,3)7-6-9-4-5-10-7;1-8(2,3)7-5-4-6-9-10-7;1-8(2,3)7-4-5-9-6-7;1-5(2,3)4;1-2-4-5-3-1;6*1-2/h4-7H,1-3H3;3*4-6H,1-3H3;5-6H,4H2,1-3H3;1-4H3;1-4H2;6*1-2H3. The molecule has 0 unspecified atom stereocenters. The highest BCUT2D eigenvalue weighted by Crippen LogP contribution is 2.29. The number of aliphatic imine (C=N–C) groups is 1. The van der Waals surface area contributed by atoms with Crippen LogP contribution in [0.5, 0.6) is 0 Å². The van der Waals surface area contributed by atoms with Crippen molar-refractivity contribution < 1.29 is 4.74 Å². The van der Waals surface area contributed by atoms with Crippen molar-refractivity contribution in [1.82, 2.24) is 35.1 Å². The molecular weight excluding hydrogens is 873 g/mol. The summed E-state index contributed by atoms with van der Waals surface area (Å²) in [5.41, 5.74) is 7.42. The van der Waals surface area contributed by atoms with E-state index in [1.54, 1.807) is 37.3 Å². The lowest BCUT2D eigenvalue weighted by Gasteiger charge is -2.18. The molecule has 1 fully saturated rings. The van der Waals surface area contributed by atoms with Gasteiger partial charge in [-0.3, -0.25) is 19.9 Å². The molecule has 0 saturated carbocycles. The number of nitrogens with zero attached hydrogens (tertiary/aromatic N) is 8. The first kappa shape index (κ1) is 80.8. The number of aromatic nitrogens is 7. The minimum Gasteiger partial charge on any atom is -0.381 e. The summed E-state index contributed by atoms with van der Waals surface area (Å²) >= 11 is 0. The number of hydrogen-bond acceptors (Lipinski definition) is 9. The second-order valence-corrected chi connectivity index (χ2v) is 21.3. The van der Waals surface area contributed by atoms with Crippen LogP contribution in [0.4, 0.5) is 0 Å². The van der Waals surface area contributed by atoms with Crippen molar-refractivity contribution in [3.63, 3.8) is 0 Å². The van der Waals surface area contributed by atoms with E-state index in [1.165, 1.54) is 29.5 Å². The zero-order chi connectivity index (χ0) is 57.4. The third kappa shape index (κ3) is 54.9. The number of hydrogen-bond donors (Lipinski definition) is 0. The highest BCUT2D eigenvalue weighted by Gasteiger charge is 2.18. The van der Waals surface area contributed by atoms with Crippen molar-refractivity contribution in [1.29, 1.82) is 0 Å². The fourth-order valence-electron chi connectivity index (χ4n) is 4.24. The molecule has 0 bridgehead atoms. The van der Waals surface area contributed by atoms with Crippen LogP contribution in [-0.4, -0.2) is 54.5 Å². The van der Waals surface area contributed by atoms with Gasteiger partial charge in [0.05, 0.1) is 11.4 Å². The molecule has 71 heavy (non-hydrogen) atoms. The molecule has 4 aromatic heterocycles. The van der Waals surface area contributed by atoms with Gasteiger partial charge in [-0.25, -0.2) is 9.97 Å². The summed E-state index contributed by atoms with van der Waals surface area (Å²) in [5, 5.41) is 7.80. The predicted molar refractivity (Wildman–Crippen MR) is 319 cm³/mol. The van der Waals surface area contributed by atoms with E-state index in [-0.39, 0.29) is 21.7 Å². The first-order valence-corrected chi connectivity index (χ1v) is 27.0. The van der Waals surface area contributed by atoms with Crippen LogP contribution in [-0.2, 0) is 26.4 Å². The Balaban J connectivity index is -0.000000131. The van der Waals surface area contributed by atoms with E-state index in [0.29, 0.717) is 10.8 Å². The maximum atomic E-state index is 4.94. The zero-order valence-corrected chi connectivity index (χ0v) is 52.7. The van der Waals surface area contributed by atoms with E-state index in [9.17, 15) is 0 Å². The van der Waals surface area contributed by atoms with E-state index in [2.05, 4.69) is 178 Å². The van der Waals surface area contributed by atoms with Gasteiger partial charge in [-0.15, -0.1) is 0 Å². The fourth-order valence-corrected chi connectivity index (χ4v) is 4.24. The van der Waals surface area contributed by atoms with Crippen molar-refractivity contribution >= 4 is 6.21 Å². The molecule has 2 aliphatic heterocycles. The Labute approximate surface area is 443 Å². The number of ether oxygens (including phenoxy) is 1.